The van der Waals surface area contributed by atoms with Crippen LogP contribution in [-0.4, -0.2) is 10.7 Å². The van der Waals surface area contributed by atoms with Gasteiger partial charge in [-0.3, -0.25) is 0 Å². The van der Waals surface area contributed by atoms with Crippen LogP contribution in [0.15, 0.2) is 79.3 Å². The van der Waals surface area contributed by atoms with Crippen molar-refractivity contribution in [2.24, 2.45) is 5.10 Å². The summed E-state index contributed by atoms with van der Waals surface area (Å²) in [5.74, 6) is 1.71. The first kappa shape index (κ1) is 16.1. The summed E-state index contributed by atoms with van der Waals surface area (Å²) in [6, 6.07) is 18.3. The van der Waals surface area contributed by atoms with E-state index in [1.807, 2.05) is 36.4 Å². The molecule has 4 nitrogen and oxygen atoms in total. The van der Waals surface area contributed by atoms with Gasteiger partial charge in [-0.1, -0.05) is 44.0 Å². The van der Waals surface area contributed by atoms with E-state index >= 15 is 0 Å². The molecule has 0 aliphatic carbocycles. The highest BCUT2D eigenvalue weighted by Crippen LogP contribution is 2.48. The van der Waals surface area contributed by atoms with Crippen LogP contribution in [-0.2, 0) is 0 Å². The minimum atomic E-state index is -0.269. The van der Waals surface area contributed by atoms with Crippen molar-refractivity contribution in [3.8, 4) is 5.75 Å². The molecule has 2 atom stereocenters. The first-order valence-electron chi connectivity index (χ1n) is 8.30. The van der Waals surface area contributed by atoms with Gasteiger partial charge < -0.3 is 9.15 Å². The molecule has 0 saturated heterocycles. The minimum absolute atomic E-state index is 0.116. The summed E-state index contributed by atoms with van der Waals surface area (Å²) in [5.41, 5.74) is 3.15. The fraction of sp³-hybridized carbons (Fsp3) is 0.150. The molecule has 2 aliphatic rings. The van der Waals surface area contributed by atoms with Gasteiger partial charge in [0.25, 0.3) is 0 Å². The van der Waals surface area contributed by atoms with Crippen LogP contribution in [0.25, 0.3) is 0 Å². The van der Waals surface area contributed by atoms with Gasteiger partial charge >= 0.3 is 0 Å². The van der Waals surface area contributed by atoms with Crippen molar-refractivity contribution in [1.82, 2.24) is 5.01 Å². The predicted octanol–water partition coefficient (Wildman–Crippen LogP) is 6.05. The summed E-state index contributed by atoms with van der Waals surface area (Å²) in [6.45, 7) is 0. The fourth-order valence-electron chi connectivity index (χ4n) is 3.50. The van der Waals surface area contributed by atoms with Crippen molar-refractivity contribution in [2.45, 2.75) is 18.7 Å². The maximum atomic E-state index is 6.34. The van der Waals surface area contributed by atoms with Crippen LogP contribution in [0.5, 0.6) is 5.75 Å². The summed E-state index contributed by atoms with van der Waals surface area (Å²) in [6.07, 6.45) is 2.20. The van der Waals surface area contributed by atoms with Crippen molar-refractivity contribution >= 4 is 37.6 Å². The van der Waals surface area contributed by atoms with E-state index in [1.54, 1.807) is 6.26 Å². The smallest absolute Gasteiger partial charge is 0.213 e. The molecule has 130 valence electrons. The lowest BCUT2D eigenvalue weighted by atomic mass is 9.97. The Bertz CT molecular complexity index is 984. The van der Waals surface area contributed by atoms with Crippen LogP contribution in [0.1, 0.15) is 35.6 Å². The average molecular weight is 474 g/mol. The maximum Gasteiger partial charge on any atom is 0.213 e. The molecule has 26 heavy (non-hydrogen) atoms. The number of hydrazone groups is 1. The van der Waals surface area contributed by atoms with Crippen LogP contribution in [0.3, 0.4) is 0 Å². The van der Waals surface area contributed by atoms with Crippen molar-refractivity contribution in [1.29, 1.82) is 0 Å². The van der Waals surface area contributed by atoms with Gasteiger partial charge in [-0.15, -0.1) is 0 Å². The Morgan fingerprint density at radius 3 is 2.58 bits per heavy atom. The summed E-state index contributed by atoms with van der Waals surface area (Å²) in [7, 11) is 0. The second-order valence-electron chi connectivity index (χ2n) is 6.33. The number of rotatable bonds is 2. The SMILES string of the molecule is Brc1ccc([C@H]2Oc3ccc(Br)cc3[C@@H]3CC(c4ccco4)=NN23)cc1. The zero-order valence-corrected chi connectivity index (χ0v) is 16.8. The van der Waals surface area contributed by atoms with E-state index in [9.17, 15) is 0 Å². The Morgan fingerprint density at radius 1 is 1.00 bits per heavy atom. The van der Waals surface area contributed by atoms with Gasteiger partial charge in [0.1, 0.15) is 17.2 Å². The number of ether oxygens (including phenoxy) is 1. The number of furan rings is 1. The molecule has 0 saturated carbocycles. The number of fused-ring (bicyclic) bond motifs is 3. The Hall–Kier alpha value is -2.05. The van der Waals surface area contributed by atoms with E-state index in [2.05, 4.69) is 55.1 Å². The van der Waals surface area contributed by atoms with Gasteiger partial charge in [0.2, 0.25) is 6.23 Å². The van der Waals surface area contributed by atoms with Crippen LogP contribution in [0, 0.1) is 0 Å². The largest absolute Gasteiger partial charge is 0.464 e. The topological polar surface area (TPSA) is 38.0 Å². The quantitative estimate of drug-likeness (QED) is 0.454. The van der Waals surface area contributed by atoms with Crippen molar-refractivity contribution in [3.05, 3.63) is 86.7 Å². The lowest BCUT2D eigenvalue weighted by molar-refractivity contribution is -0.0190. The number of hydrogen-bond acceptors (Lipinski definition) is 4. The molecule has 1 aromatic heterocycles. The lowest BCUT2D eigenvalue weighted by Gasteiger charge is -2.38. The molecule has 0 amide bonds. The van der Waals surface area contributed by atoms with Gasteiger partial charge in [0, 0.05) is 26.5 Å². The zero-order chi connectivity index (χ0) is 17.7. The van der Waals surface area contributed by atoms with E-state index in [0.717, 1.165) is 43.7 Å². The normalized spacial score (nSPS) is 21.0. The molecule has 0 unspecified atom stereocenters. The molecule has 0 fully saturated rings. The molecule has 3 aromatic rings. The summed E-state index contributed by atoms with van der Waals surface area (Å²) >= 11 is 7.07. The molecule has 2 aromatic carbocycles. The molecule has 0 N–H and O–H groups in total. The Morgan fingerprint density at radius 2 is 1.81 bits per heavy atom. The van der Waals surface area contributed by atoms with Gasteiger partial charge in [0.05, 0.1) is 12.3 Å². The van der Waals surface area contributed by atoms with E-state index in [-0.39, 0.29) is 12.3 Å². The standard InChI is InChI=1S/C20H14Br2N2O2/c21-13-5-3-12(4-6-13)20-24-17(11-16(23-24)19-2-1-9-25-19)15-10-14(22)7-8-18(15)26-20/h1-10,17,20H,11H2/t17-,20+/m0/s1. The number of nitrogens with zero attached hydrogens (tertiary/aromatic N) is 2. The van der Waals surface area contributed by atoms with Gasteiger partial charge in [-0.2, -0.15) is 5.10 Å². The van der Waals surface area contributed by atoms with E-state index in [4.69, 9.17) is 14.3 Å². The van der Waals surface area contributed by atoms with Crippen molar-refractivity contribution < 1.29 is 9.15 Å². The van der Waals surface area contributed by atoms with Crippen LogP contribution < -0.4 is 4.74 Å². The van der Waals surface area contributed by atoms with Crippen molar-refractivity contribution in [3.63, 3.8) is 0 Å². The van der Waals surface area contributed by atoms with Gasteiger partial charge in [-0.25, -0.2) is 5.01 Å². The first-order chi connectivity index (χ1) is 12.7. The molecular weight excluding hydrogens is 460 g/mol. The van der Waals surface area contributed by atoms with Crippen LogP contribution >= 0.6 is 31.9 Å². The highest BCUT2D eigenvalue weighted by molar-refractivity contribution is 9.10. The van der Waals surface area contributed by atoms with Crippen LogP contribution in [0.4, 0.5) is 0 Å². The third kappa shape index (κ3) is 2.68. The van der Waals surface area contributed by atoms with E-state index in [0.29, 0.717) is 0 Å². The summed E-state index contributed by atoms with van der Waals surface area (Å²) < 4.78 is 14.0. The Kier molecular flexibility index (Phi) is 3.90. The molecular formula is C20H14Br2N2O2. The molecule has 0 spiro atoms. The predicted molar refractivity (Wildman–Crippen MR) is 106 cm³/mol. The third-order valence-corrected chi connectivity index (χ3v) is 5.73. The second kappa shape index (κ2) is 6.28. The van der Waals surface area contributed by atoms with Crippen LogP contribution in [0.2, 0.25) is 0 Å². The Labute approximate surface area is 167 Å². The number of halogens is 2. The second-order valence-corrected chi connectivity index (χ2v) is 8.16. The molecule has 0 radical (unpaired) electrons. The maximum absolute atomic E-state index is 6.34. The van der Waals surface area contributed by atoms with Gasteiger partial charge in [-0.05, 0) is 42.5 Å². The molecule has 2 aliphatic heterocycles. The van der Waals surface area contributed by atoms with Gasteiger partial charge in [0.15, 0.2) is 0 Å². The number of benzene rings is 2. The zero-order valence-electron chi connectivity index (χ0n) is 13.6. The number of hydrogen-bond donors (Lipinski definition) is 0. The first-order valence-corrected chi connectivity index (χ1v) is 9.89. The molecule has 6 heteroatoms. The molecule has 5 rings (SSSR count). The van der Waals surface area contributed by atoms with Crippen molar-refractivity contribution in [2.75, 3.05) is 0 Å². The summed E-state index contributed by atoms with van der Waals surface area (Å²) in [5, 5.41) is 6.92. The minimum Gasteiger partial charge on any atom is -0.464 e. The average Bonchev–Trinajstić information content (AvgIpc) is 3.32. The highest BCUT2D eigenvalue weighted by atomic mass is 79.9. The monoisotopic (exact) mass is 472 g/mol. The lowest BCUT2D eigenvalue weighted by Crippen LogP contribution is -2.33. The summed E-state index contributed by atoms with van der Waals surface area (Å²) in [4.78, 5) is 0. The third-order valence-electron chi connectivity index (χ3n) is 4.71. The Balaban J connectivity index is 1.61. The van der Waals surface area contributed by atoms with E-state index in [1.165, 1.54) is 0 Å². The molecule has 3 heterocycles. The van der Waals surface area contributed by atoms with E-state index < -0.39 is 0 Å². The fourth-order valence-corrected chi connectivity index (χ4v) is 4.14. The molecule has 0 bridgehead atoms. The highest BCUT2D eigenvalue weighted by Gasteiger charge is 2.41.